The zero-order chi connectivity index (χ0) is 25.8. The molecular formula is C25H16Cl3FN2O4S. The third-order valence-electron chi connectivity index (χ3n) is 4.99. The zero-order valence-corrected chi connectivity index (χ0v) is 21.3. The molecular weight excluding hydrogens is 550 g/mol. The van der Waals surface area contributed by atoms with Gasteiger partial charge in [0.05, 0.1) is 16.5 Å². The first-order valence-electron chi connectivity index (χ1n) is 10.4. The molecule has 0 bridgehead atoms. The second kappa shape index (κ2) is 11.3. The van der Waals surface area contributed by atoms with Gasteiger partial charge in [-0.05, 0) is 71.9 Å². The molecule has 3 aromatic rings. The van der Waals surface area contributed by atoms with Gasteiger partial charge < -0.3 is 10.1 Å². The first kappa shape index (κ1) is 26.0. The lowest BCUT2D eigenvalue weighted by molar-refractivity contribution is -0.123. The zero-order valence-electron chi connectivity index (χ0n) is 18.3. The molecule has 0 radical (unpaired) electrons. The Hall–Kier alpha value is -3.04. The van der Waals surface area contributed by atoms with E-state index in [1.54, 1.807) is 36.4 Å². The van der Waals surface area contributed by atoms with E-state index in [4.69, 9.17) is 39.5 Å². The van der Waals surface area contributed by atoms with Gasteiger partial charge in [0.1, 0.15) is 11.6 Å². The molecule has 184 valence electrons. The highest BCUT2D eigenvalue weighted by Gasteiger charge is 2.36. The van der Waals surface area contributed by atoms with Crippen molar-refractivity contribution in [2.45, 2.75) is 6.54 Å². The molecule has 1 heterocycles. The summed E-state index contributed by atoms with van der Waals surface area (Å²) < 4.78 is 19.6. The van der Waals surface area contributed by atoms with Crippen LogP contribution in [-0.4, -0.2) is 28.6 Å². The highest BCUT2D eigenvalue weighted by molar-refractivity contribution is 8.18. The van der Waals surface area contributed by atoms with E-state index in [2.05, 4.69) is 5.32 Å². The predicted molar refractivity (Wildman–Crippen MR) is 140 cm³/mol. The number of benzene rings is 3. The van der Waals surface area contributed by atoms with Gasteiger partial charge in [-0.3, -0.25) is 19.3 Å². The van der Waals surface area contributed by atoms with Gasteiger partial charge in [-0.1, -0.05) is 46.9 Å². The molecule has 11 heteroatoms. The number of anilines is 1. The number of imide groups is 1. The summed E-state index contributed by atoms with van der Waals surface area (Å²) in [4.78, 5) is 38.4. The quantitative estimate of drug-likeness (QED) is 0.311. The summed E-state index contributed by atoms with van der Waals surface area (Å²) in [6, 6.07) is 15.5. The number of carbonyl (C=O) groups is 3. The average molecular weight is 566 g/mol. The van der Waals surface area contributed by atoms with Gasteiger partial charge in [-0.15, -0.1) is 0 Å². The number of halogens is 4. The molecule has 0 aliphatic carbocycles. The fourth-order valence-corrected chi connectivity index (χ4v) is 4.66. The summed E-state index contributed by atoms with van der Waals surface area (Å²) in [5.74, 6) is -1.29. The lowest BCUT2D eigenvalue weighted by Gasteiger charge is -2.14. The highest BCUT2D eigenvalue weighted by atomic mass is 35.5. The van der Waals surface area contributed by atoms with E-state index in [9.17, 15) is 18.8 Å². The molecule has 3 amide bonds. The van der Waals surface area contributed by atoms with Crippen LogP contribution < -0.4 is 10.1 Å². The van der Waals surface area contributed by atoms with E-state index >= 15 is 0 Å². The summed E-state index contributed by atoms with van der Waals surface area (Å²) in [7, 11) is 0. The number of carbonyl (C=O) groups excluding carboxylic acids is 3. The van der Waals surface area contributed by atoms with Gasteiger partial charge in [0.2, 0.25) is 0 Å². The fourth-order valence-electron chi connectivity index (χ4n) is 3.23. The van der Waals surface area contributed by atoms with Crippen molar-refractivity contribution >= 4 is 75.4 Å². The molecule has 1 aliphatic rings. The van der Waals surface area contributed by atoms with Gasteiger partial charge in [0.15, 0.2) is 6.61 Å². The number of amides is 3. The first-order valence-corrected chi connectivity index (χ1v) is 12.3. The van der Waals surface area contributed by atoms with Gasteiger partial charge in [-0.25, -0.2) is 4.39 Å². The molecule has 1 fully saturated rings. The minimum Gasteiger partial charge on any atom is -0.482 e. The Bertz CT molecular complexity index is 1360. The van der Waals surface area contributed by atoms with Crippen LogP contribution in [0.2, 0.25) is 15.1 Å². The molecule has 1 aliphatic heterocycles. The monoisotopic (exact) mass is 564 g/mol. The lowest BCUT2D eigenvalue weighted by Crippen LogP contribution is -2.28. The molecule has 0 aromatic heterocycles. The van der Waals surface area contributed by atoms with Crippen molar-refractivity contribution in [3.05, 3.63) is 97.6 Å². The number of nitrogens with one attached hydrogen (secondary N) is 1. The second-order valence-corrected chi connectivity index (χ2v) is 9.75. The van der Waals surface area contributed by atoms with Crippen molar-refractivity contribution in [3.8, 4) is 5.75 Å². The molecule has 36 heavy (non-hydrogen) atoms. The Morgan fingerprint density at radius 3 is 2.47 bits per heavy atom. The molecule has 1 saturated heterocycles. The number of thioether (sulfide) groups is 1. The fraction of sp³-hybridized carbons (Fsp3) is 0.0800. The van der Waals surface area contributed by atoms with E-state index in [0.717, 1.165) is 16.7 Å². The van der Waals surface area contributed by atoms with Crippen molar-refractivity contribution in [2.24, 2.45) is 0 Å². The van der Waals surface area contributed by atoms with Gasteiger partial charge in [-0.2, -0.15) is 0 Å². The number of rotatable bonds is 7. The smallest absolute Gasteiger partial charge is 0.293 e. The number of nitrogens with zero attached hydrogens (tertiary/aromatic N) is 1. The largest absolute Gasteiger partial charge is 0.482 e. The molecule has 1 N–H and O–H groups in total. The first-order chi connectivity index (χ1) is 17.2. The van der Waals surface area contributed by atoms with Crippen molar-refractivity contribution in [1.29, 1.82) is 0 Å². The van der Waals surface area contributed by atoms with Crippen LogP contribution in [0.4, 0.5) is 14.9 Å². The minimum absolute atomic E-state index is 0.0624. The van der Waals surface area contributed by atoms with E-state index in [1.807, 2.05) is 0 Å². The Labute approximate surface area is 225 Å². The van der Waals surface area contributed by atoms with E-state index in [1.165, 1.54) is 30.3 Å². The lowest BCUT2D eigenvalue weighted by atomic mass is 10.2. The standard InChI is InChI=1S/C25H16Cl3FN2O4S/c26-15-5-7-16(8-6-15)30-23(32)13-35-21-9-4-14(10-19(21)28)11-22-24(33)31(25(34)36-22)12-17-18(27)2-1-3-20(17)29/h1-11H,12-13H2,(H,30,32)/b22-11-. The second-order valence-electron chi connectivity index (χ2n) is 7.50. The third-order valence-corrected chi connectivity index (χ3v) is 6.80. The SMILES string of the molecule is O=C(COc1ccc(/C=C2\SC(=O)N(Cc3c(F)cccc3Cl)C2=O)cc1Cl)Nc1ccc(Cl)cc1. The van der Waals surface area contributed by atoms with Crippen LogP contribution in [0.15, 0.2) is 65.6 Å². The maximum atomic E-state index is 14.1. The van der Waals surface area contributed by atoms with Crippen molar-refractivity contribution in [2.75, 3.05) is 11.9 Å². The van der Waals surface area contributed by atoms with Crippen LogP contribution in [0.5, 0.6) is 5.75 Å². The van der Waals surface area contributed by atoms with Crippen molar-refractivity contribution in [3.63, 3.8) is 0 Å². The molecule has 6 nitrogen and oxygen atoms in total. The minimum atomic E-state index is -0.602. The van der Waals surface area contributed by atoms with Crippen molar-refractivity contribution < 1.29 is 23.5 Å². The maximum absolute atomic E-state index is 14.1. The van der Waals surface area contributed by atoms with Crippen LogP contribution in [0.25, 0.3) is 6.08 Å². The summed E-state index contributed by atoms with van der Waals surface area (Å²) >= 11 is 18.9. The van der Waals surface area contributed by atoms with Crippen LogP contribution >= 0.6 is 46.6 Å². The van der Waals surface area contributed by atoms with Gasteiger partial charge in [0.25, 0.3) is 17.1 Å². The Kier molecular flexibility index (Phi) is 8.21. The maximum Gasteiger partial charge on any atom is 0.293 e. The van der Waals surface area contributed by atoms with Crippen LogP contribution in [0.1, 0.15) is 11.1 Å². The molecule has 0 saturated carbocycles. The van der Waals surface area contributed by atoms with Crippen LogP contribution in [-0.2, 0) is 16.1 Å². The highest BCUT2D eigenvalue weighted by Crippen LogP contribution is 2.35. The molecule has 0 spiro atoms. The van der Waals surface area contributed by atoms with Crippen LogP contribution in [0, 0.1) is 5.82 Å². The Morgan fingerprint density at radius 2 is 1.78 bits per heavy atom. The Morgan fingerprint density at radius 1 is 1.03 bits per heavy atom. The molecule has 4 rings (SSSR count). The topological polar surface area (TPSA) is 75.7 Å². The van der Waals surface area contributed by atoms with Gasteiger partial charge in [0, 0.05) is 21.3 Å². The molecule has 0 unspecified atom stereocenters. The third kappa shape index (κ3) is 6.20. The van der Waals surface area contributed by atoms with E-state index in [-0.39, 0.29) is 45.3 Å². The molecule has 3 aromatic carbocycles. The summed E-state index contributed by atoms with van der Waals surface area (Å²) in [6.07, 6.45) is 1.50. The summed E-state index contributed by atoms with van der Waals surface area (Å²) in [5.41, 5.74) is 1.17. The van der Waals surface area contributed by atoms with E-state index in [0.29, 0.717) is 16.3 Å². The summed E-state index contributed by atoms with van der Waals surface area (Å²) in [6.45, 7) is -0.557. The normalized spacial score (nSPS) is 14.4. The van der Waals surface area contributed by atoms with E-state index < -0.39 is 17.0 Å². The average Bonchev–Trinajstić information content (AvgIpc) is 3.09. The summed E-state index contributed by atoms with van der Waals surface area (Å²) in [5, 5.41) is 3.02. The predicted octanol–water partition coefficient (Wildman–Crippen LogP) is 7.04. The van der Waals surface area contributed by atoms with Crippen LogP contribution in [0.3, 0.4) is 0 Å². The number of ether oxygens (including phenoxy) is 1. The number of hydrogen-bond acceptors (Lipinski definition) is 5. The van der Waals surface area contributed by atoms with Crippen molar-refractivity contribution in [1.82, 2.24) is 4.90 Å². The molecule has 0 atom stereocenters. The van der Waals surface area contributed by atoms with Gasteiger partial charge >= 0.3 is 0 Å². The number of hydrogen-bond donors (Lipinski definition) is 1. The Balaban J connectivity index is 1.40.